The summed E-state index contributed by atoms with van der Waals surface area (Å²) >= 11 is 0. The number of amides is 2. The Hall–Kier alpha value is -3.12. The second-order valence-electron chi connectivity index (χ2n) is 9.30. The molecule has 5 rings (SSSR count). The number of benzene rings is 2. The van der Waals surface area contributed by atoms with Gasteiger partial charge in [-0.1, -0.05) is 37.3 Å². The van der Waals surface area contributed by atoms with Gasteiger partial charge < -0.3 is 16.0 Å². The summed E-state index contributed by atoms with van der Waals surface area (Å²) in [6.07, 6.45) is 5.02. The lowest BCUT2D eigenvalue weighted by Crippen LogP contribution is -2.39. The molecular formula is C26H30N4O2. The van der Waals surface area contributed by atoms with E-state index in [1.807, 2.05) is 36.4 Å². The molecular weight excluding hydrogens is 400 g/mol. The number of likely N-dealkylation sites (tertiary alicyclic amines) is 1. The van der Waals surface area contributed by atoms with Crippen LogP contribution in [0.5, 0.6) is 0 Å². The Balaban J connectivity index is 1.42. The molecule has 0 radical (unpaired) electrons. The zero-order chi connectivity index (χ0) is 22.2. The van der Waals surface area contributed by atoms with Crippen molar-refractivity contribution in [3.8, 4) is 0 Å². The maximum atomic E-state index is 13.3. The van der Waals surface area contributed by atoms with Gasteiger partial charge in [-0.15, -0.1) is 0 Å². The topological polar surface area (TPSA) is 91.2 Å². The maximum Gasteiger partial charge on any atom is 0.257 e. The molecule has 0 bridgehead atoms. The number of carbonyl (C=O) groups excluding carboxylic acids is 2. The fourth-order valence-electron chi connectivity index (χ4n) is 5.33. The largest absolute Gasteiger partial charge is 0.368 e. The Morgan fingerprint density at radius 2 is 2.00 bits per heavy atom. The Morgan fingerprint density at radius 1 is 1.16 bits per heavy atom. The molecule has 1 aliphatic carbocycles. The van der Waals surface area contributed by atoms with Crippen molar-refractivity contribution in [2.75, 3.05) is 11.9 Å². The lowest BCUT2D eigenvalue weighted by atomic mass is 9.87. The molecule has 1 aromatic heterocycles. The highest BCUT2D eigenvalue weighted by atomic mass is 16.2. The number of aryl methyl sites for hydroxylation is 1. The first-order chi connectivity index (χ1) is 15.5. The van der Waals surface area contributed by atoms with Crippen LogP contribution in [0.15, 0.2) is 42.5 Å². The Morgan fingerprint density at radius 3 is 2.84 bits per heavy atom. The first-order valence-corrected chi connectivity index (χ1v) is 11.6. The van der Waals surface area contributed by atoms with E-state index >= 15 is 0 Å². The number of aromatic nitrogens is 1. The van der Waals surface area contributed by atoms with Gasteiger partial charge in [0.05, 0.1) is 17.1 Å². The van der Waals surface area contributed by atoms with E-state index in [2.05, 4.69) is 28.2 Å². The molecule has 6 heteroatoms. The fourth-order valence-corrected chi connectivity index (χ4v) is 5.33. The number of primary amides is 1. The number of fused-ring (bicyclic) bond motifs is 3. The van der Waals surface area contributed by atoms with Crippen LogP contribution in [0.3, 0.4) is 0 Å². The standard InChI is InChI=1S/C26H30N4O2/c1-16-11-12-22-20(14-16)18-7-4-8-19(24(18)28-22)26(32)29-21-9-3-2-6-17(21)15-30-13-5-10-23(30)25(27)31/h2-4,6-9,16,23,28H,5,10-15H2,1H3,(H2,27,31)(H,29,32). The molecule has 1 aliphatic heterocycles. The van der Waals surface area contributed by atoms with E-state index in [1.54, 1.807) is 0 Å². The second kappa shape index (κ2) is 8.43. The van der Waals surface area contributed by atoms with Gasteiger partial charge in [0.2, 0.25) is 5.91 Å². The van der Waals surface area contributed by atoms with Crippen molar-refractivity contribution in [1.29, 1.82) is 0 Å². The van der Waals surface area contributed by atoms with Crippen LogP contribution >= 0.6 is 0 Å². The molecule has 4 N–H and O–H groups in total. The Bertz CT molecular complexity index is 1180. The van der Waals surface area contributed by atoms with Crippen molar-refractivity contribution in [3.63, 3.8) is 0 Å². The summed E-state index contributed by atoms with van der Waals surface area (Å²) in [6.45, 7) is 3.71. The first-order valence-electron chi connectivity index (χ1n) is 11.6. The summed E-state index contributed by atoms with van der Waals surface area (Å²) in [5.74, 6) is 0.268. The zero-order valence-corrected chi connectivity index (χ0v) is 18.5. The lowest BCUT2D eigenvalue weighted by Gasteiger charge is -2.23. The molecule has 2 heterocycles. The van der Waals surface area contributed by atoms with E-state index in [-0.39, 0.29) is 17.9 Å². The maximum absolute atomic E-state index is 13.3. The van der Waals surface area contributed by atoms with Crippen LogP contribution in [-0.4, -0.2) is 34.3 Å². The van der Waals surface area contributed by atoms with Crippen LogP contribution in [0.1, 0.15) is 53.4 Å². The number of para-hydroxylation sites is 2. The highest BCUT2D eigenvalue weighted by molar-refractivity contribution is 6.12. The van der Waals surface area contributed by atoms with Gasteiger partial charge in [0, 0.05) is 23.3 Å². The third-order valence-corrected chi connectivity index (χ3v) is 7.05. The number of nitrogens with zero attached hydrogens (tertiary/aromatic N) is 1. The van der Waals surface area contributed by atoms with Gasteiger partial charge in [0.15, 0.2) is 0 Å². The van der Waals surface area contributed by atoms with Crippen molar-refractivity contribution < 1.29 is 9.59 Å². The summed E-state index contributed by atoms with van der Waals surface area (Å²) < 4.78 is 0. The molecule has 166 valence electrons. The average molecular weight is 431 g/mol. The van der Waals surface area contributed by atoms with Crippen molar-refractivity contribution in [3.05, 3.63) is 64.8 Å². The minimum absolute atomic E-state index is 0.123. The van der Waals surface area contributed by atoms with Gasteiger partial charge in [-0.3, -0.25) is 14.5 Å². The molecule has 1 saturated heterocycles. The highest BCUT2D eigenvalue weighted by Crippen LogP contribution is 2.33. The van der Waals surface area contributed by atoms with Gasteiger partial charge >= 0.3 is 0 Å². The molecule has 0 spiro atoms. The number of hydrogen-bond donors (Lipinski definition) is 3. The lowest BCUT2D eigenvalue weighted by molar-refractivity contribution is -0.122. The van der Waals surface area contributed by atoms with Crippen molar-refractivity contribution in [2.45, 2.75) is 51.6 Å². The molecule has 2 amide bonds. The summed E-state index contributed by atoms with van der Waals surface area (Å²) in [4.78, 5) is 30.8. The molecule has 3 aromatic rings. The van der Waals surface area contributed by atoms with Crippen molar-refractivity contribution in [1.82, 2.24) is 9.88 Å². The zero-order valence-electron chi connectivity index (χ0n) is 18.5. The van der Waals surface area contributed by atoms with Crippen LogP contribution in [-0.2, 0) is 24.2 Å². The van der Waals surface area contributed by atoms with E-state index in [4.69, 9.17) is 5.73 Å². The summed E-state index contributed by atoms with van der Waals surface area (Å²) in [5, 5.41) is 4.29. The molecule has 32 heavy (non-hydrogen) atoms. The van der Waals surface area contributed by atoms with Crippen molar-refractivity contribution in [2.24, 2.45) is 11.7 Å². The third-order valence-electron chi connectivity index (χ3n) is 7.05. The Kier molecular flexibility index (Phi) is 5.47. The number of hydrogen-bond acceptors (Lipinski definition) is 3. The van der Waals surface area contributed by atoms with Gasteiger partial charge in [0.1, 0.15) is 0 Å². The normalized spacial score (nSPS) is 20.9. The number of carbonyl (C=O) groups is 2. The van der Waals surface area contributed by atoms with Gasteiger partial charge in [0.25, 0.3) is 5.91 Å². The number of rotatable bonds is 5. The molecule has 2 atom stereocenters. The minimum Gasteiger partial charge on any atom is -0.368 e. The van der Waals surface area contributed by atoms with Crippen molar-refractivity contribution >= 4 is 28.4 Å². The summed E-state index contributed by atoms with van der Waals surface area (Å²) in [5.41, 5.74) is 11.6. The van der Waals surface area contributed by atoms with Gasteiger partial charge in [-0.2, -0.15) is 0 Å². The first kappa shape index (κ1) is 20.8. The second-order valence-corrected chi connectivity index (χ2v) is 9.30. The van der Waals surface area contributed by atoms with E-state index in [0.29, 0.717) is 18.0 Å². The Labute approximate surface area is 188 Å². The van der Waals surface area contributed by atoms with E-state index < -0.39 is 0 Å². The van der Waals surface area contributed by atoms with E-state index in [9.17, 15) is 9.59 Å². The number of nitrogens with one attached hydrogen (secondary N) is 2. The predicted molar refractivity (Wildman–Crippen MR) is 127 cm³/mol. The average Bonchev–Trinajstić information content (AvgIpc) is 3.39. The number of H-pyrrole nitrogens is 1. The molecule has 1 fully saturated rings. The molecule has 0 saturated carbocycles. The minimum atomic E-state index is -0.277. The van der Waals surface area contributed by atoms with E-state index in [0.717, 1.165) is 54.4 Å². The van der Waals surface area contributed by atoms with Crippen LogP contribution < -0.4 is 11.1 Å². The van der Waals surface area contributed by atoms with Crippen LogP contribution in [0.4, 0.5) is 5.69 Å². The van der Waals surface area contributed by atoms with Gasteiger partial charge in [-0.25, -0.2) is 0 Å². The molecule has 6 nitrogen and oxygen atoms in total. The monoisotopic (exact) mass is 430 g/mol. The highest BCUT2D eigenvalue weighted by Gasteiger charge is 2.29. The van der Waals surface area contributed by atoms with Crippen LogP contribution in [0.25, 0.3) is 10.9 Å². The number of nitrogens with two attached hydrogens (primary N) is 1. The molecule has 2 aromatic carbocycles. The summed E-state index contributed by atoms with van der Waals surface area (Å²) in [7, 11) is 0. The van der Waals surface area contributed by atoms with Crippen LogP contribution in [0, 0.1) is 5.92 Å². The SMILES string of the molecule is CC1CCc2[nH]c3c(C(=O)Nc4ccccc4CN4CCCC4C(N)=O)cccc3c2C1. The van der Waals surface area contributed by atoms with Gasteiger partial charge in [-0.05, 0) is 67.8 Å². The predicted octanol–water partition coefficient (Wildman–Crippen LogP) is 3.99. The molecule has 2 unspecified atom stereocenters. The quantitative estimate of drug-likeness (QED) is 0.571. The third kappa shape index (κ3) is 3.79. The molecule has 2 aliphatic rings. The number of anilines is 1. The van der Waals surface area contributed by atoms with Crippen LogP contribution in [0.2, 0.25) is 0 Å². The van der Waals surface area contributed by atoms with E-state index in [1.165, 1.54) is 17.7 Å². The smallest absolute Gasteiger partial charge is 0.257 e. The fraction of sp³-hybridized carbons (Fsp3) is 0.385. The summed E-state index contributed by atoms with van der Waals surface area (Å²) in [6, 6.07) is 13.5. The number of aromatic amines is 1.